The Balaban J connectivity index is 2.45. The molecule has 1 aromatic rings. The molecule has 0 aliphatic carbocycles. The van der Waals surface area contributed by atoms with Gasteiger partial charge in [-0.25, -0.2) is 0 Å². The molecule has 0 aromatic heterocycles. The Morgan fingerprint density at radius 1 is 0.952 bits per heavy atom. The molecule has 0 saturated heterocycles. The van der Waals surface area contributed by atoms with E-state index in [1.807, 2.05) is 18.2 Å². The molecule has 1 atom stereocenters. The van der Waals surface area contributed by atoms with Crippen LogP contribution in [0.2, 0.25) is 0 Å². The number of benzene rings is 1. The van der Waals surface area contributed by atoms with Gasteiger partial charge >= 0.3 is 0 Å². The van der Waals surface area contributed by atoms with Gasteiger partial charge in [-0.1, -0.05) is 77.3 Å². The van der Waals surface area contributed by atoms with Crippen LogP contribution >= 0.6 is 7.92 Å². The minimum atomic E-state index is -3.85. The van der Waals surface area contributed by atoms with E-state index in [-0.39, 0.29) is 5.75 Å². The minimum absolute atomic E-state index is 0.122. The maximum atomic E-state index is 11.0. The summed E-state index contributed by atoms with van der Waals surface area (Å²) in [6.07, 6.45) is 9.11. The van der Waals surface area contributed by atoms with E-state index in [9.17, 15) is 8.42 Å². The van der Waals surface area contributed by atoms with Crippen LogP contribution in [0, 0.1) is 0 Å². The Morgan fingerprint density at radius 2 is 1.57 bits per heavy atom. The summed E-state index contributed by atoms with van der Waals surface area (Å²) in [5, 5.41) is 1.24. The van der Waals surface area contributed by atoms with Crippen LogP contribution in [0.4, 0.5) is 0 Å². The number of hydrogen-bond donors (Lipinski definition) is 1. The third-order valence-corrected chi connectivity index (χ3v) is 7.19. The topological polar surface area (TPSA) is 54.4 Å². The molecule has 1 N–H and O–H groups in total. The molecule has 0 fully saturated rings. The first-order chi connectivity index (χ1) is 10.0. The first-order valence-corrected chi connectivity index (χ1v) is 11.1. The number of unbranched alkanes of at least 4 members (excludes halogenated alkanes) is 5. The van der Waals surface area contributed by atoms with Gasteiger partial charge in [0.2, 0.25) is 0 Å². The van der Waals surface area contributed by atoms with Crippen molar-refractivity contribution in [1.29, 1.82) is 0 Å². The summed E-state index contributed by atoms with van der Waals surface area (Å²) in [6, 6.07) is 10.1. The molecule has 1 rings (SSSR count). The second-order valence-electron chi connectivity index (χ2n) is 5.38. The Hall–Kier alpha value is -0.440. The summed E-state index contributed by atoms with van der Waals surface area (Å²) >= 11 is 0. The second kappa shape index (κ2) is 10.3. The highest BCUT2D eigenvalue weighted by Gasteiger charge is 2.14. The zero-order chi connectivity index (χ0) is 15.6. The molecule has 1 aromatic carbocycles. The average Bonchev–Trinajstić information content (AvgIpc) is 2.45. The fourth-order valence-electron chi connectivity index (χ4n) is 2.32. The van der Waals surface area contributed by atoms with Crippen LogP contribution in [0.15, 0.2) is 30.3 Å². The lowest BCUT2D eigenvalue weighted by atomic mass is 10.1. The zero-order valence-corrected chi connectivity index (χ0v) is 14.6. The van der Waals surface area contributed by atoms with E-state index in [1.54, 1.807) is 0 Å². The van der Waals surface area contributed by atoms with Gasteiger partial charge in [-0.15, -0.1) is 0 Å². The minimum Gasteiger partial charge on any atom is -0.286 e. The normalized spacial score (nSPS) is 13.2. The monoisotopic (exact) mass is 330 g/mol. The molecule has 0 aliphatic heterocycles. The van der Waals surface area contributed by atoms with Gasteiger partial charge in [0.1, 0.15) is 0 Å². The van der Waals surface area contributed by atoms with Gasteiger partial charge in [0, 0.05) is 0 Å². The van der Waals surface area contributed by atoms with Crippen molar-refractivity contribution in [3.8, 4) is 0 Å². The van der Waals surface area contributed by atoms with E-state index >= 15 is 0 Å². The first-order valence-electron chi connectivity index (χ1n) is 7.78. The van der Waals surface area contributed by atoms with Crippen LogP contribution in [0.5, 0.6) is 0 Å². The maximum absolute atomic E-state index is 11.0. The largest absolute Gasteiger partial charge is 0.286 e. The Kier molecular flexibility index (Phi) is 9.14. The van der Waals surface area contributed by atoms with Gasteiger partial charge < -0.3 is 0 Å². The Labute approximate surface area is 130 Å². The summed E-state index contributed by atoms with van der Waals surface area (Å²) in [4.78, 5) is 0. The molecular weight excluding hydrogens is 303 g/mol. The summed E-state index contributed by atoms with van der Waals surface area (Å²) in [5.41, 5.74) is 0. The lowest BCUT2D eigenvalue weighted by molar-refractivity contribution is 0.485. The van der Waals surface area contributed by atoms with Gasteiger partial charge in [0.15, 0.2) is 0 Å². The van der Waals surface area contributed by atoms with Gasteiger partial charge in [0.25, 0.3) is 10.1 Å². The summed E-state index contributed by atoms with van der Waals surface area (Å²) < 4.78 is 30.9. The molecule has 0 radical (unpaired) electrons. The molecule has 0 bridgehead atoms. The molecule has 21 heavy (non-hydrogen) atoms. The first kappa shape index (κ1) is 18.6. The lowest BCUT2D eigenvalue weighted by Crippen LogP contribution is -2.13. The van der Waals surface area contributed by atoms with Crippen molar-refractivity contribution in [3.05, 3.63) is 30.3 Å². The Morgan fingerprint density at radius 3 is 2.19 bits per heavy atom. The fraction of sp³-hybridized carbons (Fsp3) is 0.625. The highest BCUT2D eigenvalue weighted by molar-refractivity contribution is 7.86. The molecular formula is C16H27O3PS. The van der Waals surface area contributed by atoms with Crippen LogP contribution < -0.4 is 5.30 Å². The quantitative estimate of drug-likeness (QED) is 0.378. The van der Waals surface area contributed by atoms with Gasteiger partial charge in [-0.3, -0.25) is 4.55 Å². The van der Waals surface area contributed by atoms with Crippen LogP contribution in [0.3, 0.4) is 0 Å². The van der Waals surface area contributed by atoms with Crippen molar-refractivity contribution in [1.82, 2.24) is 0 Å². The molecule has 0 amide bonds. The predicted molar refractivity (Wildman–Crippen MR) is 92.5 cm³/mol. The number of hydrogen-bond acceptors (Lipinski definition) is 2. The van der Waals surface area contributed by atoms with E-state index in [4.69, 9.17) is 4.55 Å². The van der Waals surface area contributed by atoms with Crippen molar-refractivity contribution >= 4 is 23.3 Å². The van der Waals surface area contributed by atoms with E-state index in [0.717, 1.165) is 12.6 Å². The van der Waals surface area contributed by atoms with Gasteiger partial charge in [-0.05, 0) is 24.0 Å². The Bertz CT molecular complexity index is 474. The highest BCUT2D eigenvalue weighted by atomic mass is 32.2. The molecule has 1 unspecified atom stereocenters. The van der Waals surface area contributed by atoms with E-state index in [0.29, 0.717) is 6.16 Å². The van der Waals surface area contributed by atoms with Gasteiger partial charge in [0.05, 0.1) is 5.75 Å². The van der Waals surface area contributed by atoms with E-state index < -0.39 is 18.0 Å². The molecule has 0 saturated carbocycles. The molecule has 0 aliphatic rings. The molecule has 0 heterocycles. The molecule has 3 nitrogen and oxygen atoms in total. The van der Waals surface area contributed by atoms with Crippen molar-refractivity contribution in [2.24, 2.45) is 0 Å². The summed E-state index contributed by atoms with van der Waals surface area (Å²) in [7, 11) is -4.34. The van der Waals surface area contributed by atoms with Crippen molar-refractivity contribution in [2.75, 3.05) is 18.1 Å². The maximum Gasteiger partial charge on any atom is 0.265 e. The van der Waals surface area contributed by atoms with E-state index in [1.165, 1.54) is 37.4 Å². The third kappa shape index (κ3) is 9.23. The van der Waals surface area contributed by atoms with Crippen molar-refractivity contribution in [2.45, 2.75) is 45.4 Å². The fourth-order valence-corrected chi connectivity index (χ4v) is 6.06. The van der Waals surface area contributed by atoms with Crippen LogP contribution in [0.1, 0.15) is 45.4 Å². The third-order valence-electron chi connectivity index (χ3n) is 3.52. The van der Waals surface area contributed by atoms with Crippen molar-refractivity contribution in [3.63, 3.8) is 0 Å². The van der Waals surface area contributed by atoms with Crippen LogP contribution in [-0.2, 0) is 10.1 Å². The smallest absolute Gasteiger partial charge is 0.265 e. The molecule has 120 valence electrons. The molecule has 0 spiro atoms. The highest BCUT2D eigenvalue weighted by Crippen LogP contribution is 2.35. The van der Waals surface area contributed by atoms with E-state index in [2.05, 4.69) is 19.1 Å². The van der Waals surface area contributed by atoms with Crippen molar-refractivity contribution < 1.29 is 13.0 Å². The van der Waals surface area contributed by atoms with Crippen LogP contribution in [-0.4, -0.2) is 31.0 Å². The summed E-state index contributed by atoms with van der Waals surface area (Å²) in [5.74, 6) is -0.122. The average molecular weight is 330 g/mol. The van der Waals surface area contributed by atoms with Gasteiger partial charge in [-0.2, -0.15) is 8.42 Å². The molecule has 5 heteroatoms. The SMILES string of the molecule is CCCCCCCCP(CCS(=O)(=O)O)c1ccccc1. The van der Waals surface area contributed by atoms with Crippen LogP contribution in [0.25, 0.3) is 0 Å². The number of rotatable bonds is 11. The second-order valence-corrected chi connectivity index (χ2v) is 9.44. The standard InChI is InChI=1S/C16H27O3PS/c1-2-3-4-5-6-10-13-20(14-15-21(17,18)19)16-11-8-7-9-12-16/h7-9,11-12H,2-6,10,13-15H2,1H3,(H,17,18,19). The zero-order valence-electron chi connectivity index (χ0n) is 12.9. The predicted octanol–water partition coefficient (Wildman–Crippen LogP) is 4.04. The lowest BCUT2D eigenvalue weighted by Gasteiger charge is -2.17. The summed E-state index contributed by atoms with van der Waals surface area (Å²) in [6.45, 7) is 2.21.